The average Bonchev–Trinajstić information content (AvgIpc) is 3.35. The topological polar surface area (TPSA) is 87.0 Å². The lowest BCUT2D eigenvalue weighted by molar-refractivity contribution is 0.213. The molecule has 2 aliphatic rings. The van der Waals surface area contributed by atoms with Crippen LogP contribution in [-0.4, -0.2) is 63.1 Å². The molecule has 2 unspecified atom stereocenters. The fraction of sp³-hybridized carbons (Fsp3) is 0.450. The summed E-state index contributed by atoms with van der Waals surface area (Å²) in [5, 5.41) is 1.16. The minimum Gasteiger partial charge on any atom is -0.369 e. The van der Waals surface area contributed by atoms with Crippen LogP contribution in [0.1, 0.15) is 19.3 Å². The highest BCUT2D eigenvalue weighted by Gasteiger charge is 2.30. The largest absolute Gasteiger partial charge is 0.369 e. The van der Waals surface area contributed by atoms with Crippen LogP contribution in [0, 0.1) is 0 Å². The summed E-state index contributed by atoms with van der Waals surface area (Å²) in [7, 11) is 0. The normalized spacial score (nSPS) is 24.0. The lowest BCUT2D eigenvalue weighted by atomic mass is 10.0. The lowest BCUT2D eigenvalue weighted by Crippen LogP contribution is -2.47. The van der Waals surface area contributed by atoms with Crippen LogP contribution in [-0.2, 0) is 0 Å². The van der Waals surface area contributed by atoms with Gasteiger partial charge in [-0.15, -0.1) is 0 Å². The van der Waals surface area contributed by atoms with Crippen LogP contribution in [0.3, 0.4) is 0 Å². The highest BCUT2D eigenvalue weighted by atomic mass is 15.3. The maximum Gasteiger partial charge on any atom is 0.139 e. The van der Waals surface area contributed by atoms with E-state index in [9.17, 15) is 0 Å². The highest BCUT2D eigenvalue weighted by molar-refractivity contribution is 6.02. The Balaban J connectivity index is 1.50. The fourth-order valence-corrected chi connectivity index (χ4v) is 4.59. The Morgan fingerprint density at radius 2 is 2.00 bits per heavy atom. The van der Waals surface area contributed by atoms with Crippen LogP contribution in [0.5, 0.6) is 0 Å². The van der Waals surface area contributed by atoms with Crippen molar-refractivity contribution in [2.45, 2.75) is 31.3 Å². The number of pyridine rings is 1. The summed E-state index contributed by atoms with van der Waals surface area (Å²) in [6, 6.07) is 3.06. The van der Waals surface area contributed by atoms with E-state index in [0.29, 0.717) is 12.1 Å². The lowest BCUT2D eigenvalue weighted by Gasteiger charge is -2.39. The first-order valence-corrected chi connectivity index (χ1v) is 9.75. The molecule has 5 heterocycles. The van der Waals surface area contributed by atoms with Crippen LogP contribution in [0.4, 0.5) is 5.69 Å². The molecule has 0 radical (unpaired) electrons. The monoisotopic (exact) mass is 363 g/mol. The molecule has 5 rings (SSSR count). The third kappa shape index (κ3) is 3.07. The zero-order valence-electron chi connectivity index (χ0n) is 15.4. The number of hydrogen-bond acceptors (Lipinski definition) is 6. The molecule has 0 aliphatic carbocycles. The van der Waals surface area contributed by atoms with E-state index in [1.54, 1.807) is 6.33 Å². The quantitative estimate of drug-likeness (QED) is 0.740. The van der Waals surface area contributed by atoms with Crippen LogP contribution >= 0.6 is 0 Å². The predicted octanol–water partition coefficient (Wildman–Crippen LogP) is 2.02. The SMILES string of the molecule is NC1CCN(C2CCCN(c3ccnc4[nH]cc(-c5cncnc5)c34)C2)C1. The average molecular weight is 363 g/mol. The number of anilines is 1. The maximum absolute atomic E-state index is 6.14. The molecule has 0 spiro atoms. The first-order valence-electron chi connectivity index (χ1n) is 9.75. The molecule has 3 aromatic heterocycles. The molecular formula is C20H25N7. The van der Waals surface area contributed by atoms with Crippen molar-refractivity contribution >= 4 is 16.7 Å². The first kappa shape index (κ1) is 16.6. The maximum atomic E-state index is 6.14. The third-order valence-corrected chi connectivity index (χ3v) is 5.93. The number of hydrogen-bond donors (Lipinski definition) is 2. The van der Waals surface area contributed by atoms with Gasteiger partial charge < -0.3 is 15.6 Å². The van der Waals surface area contributed by atoms with Crippen molar-refractivity contribution < 1.29 is 0 Å². The van der Waals surface area contributed by atoms with E-state index in [0.717, 1.165) is 54.8 Å². The zero-order chi connectivity index (χ0) is 18.2. The molecule has 0 aromatic carbocycles. The molecule has 140 valence electrons. The molecule has 7 heteroatoms. The van der Waals surface area contributed by atoms with Crippen molar-refractivity contribution in [2.75, 3.05) is 31.1 Å². The summed E-state index contributed by atoms with van der Waals surface area (Å²) in [5.41, 5.74) is 10.4. The molecule has 2 atom stereocenters. The number of nitrogens with two attached hydrogens (primary N) is 1. The van der Waals surface area contributed by atoms with Gasteiger partial charge in [0, 0.05) is 79.9 Å². The Kier molecular flexibility index (Phi) is 4.26. The van der Waals surface area contributed by atoms with Gasteiger partial charge in [-0.25, -0.2) is 15.0 Å². The van der Waals surface area contributed by atoms with E-state index in [1.165, 1.54) is 18.5 Å². The molecule has 2 aliphatic heterocycles. The van der Waals surface area contributed by atoms with E-state index in [-0.39, 0.29) is 0 Å². The number of fused-ring (bicyclic) bond motifs is 1. The summed E-state index contributed by atoms with van der Waals surface area (Å²) >= 11 is 0. The summed E-state index contributed by atoms with van der Waals surface area (Å²) in [5.74, 6) is 0. The predicted molar refractivity (Wildman–Crippen MR) is 107 cm³/mol. The first-order chi connectivity index (χ1) is 13.3. The van der Waals surface area contributed by atoms with Gasteiger partial charge in [0.1, 0.15) is 12.0 Å². The van der Waals surface area contributed by atoms with Crippen LogP contribution in [0.2, 0.25) is 0 Å². The Morgan fingerprint density at radius 1 is 1.11 bits per heavy atom. The van der Waals surface area contributed by atoms with Crippen LogP contribution in [0.25, 0.3) is 22.2 Å². The minimum absolute atomic E-state index is 0.336. The van der Waals surface area contributed by atoms with Crippen molar-refractivity contribution in [1.29, 1.82) is 0 Å². The molecule has 2 fully saturated rings. The van der Waals surface area contributed by atoms with Crippen molar-refractivity contribution in [3.63, 3.8) is 0 Å². The standard InChI is InChI=1S/C20H25N7/c21-15-4-7-26(11-15)16-2-1-6-27(12-16)18-3-5-24-20-19(18)17(10-25-20)14-8-22-13-23-9-14/h3,5,8-10,13,15-16H,1-2,4,6-7,11-12,21H2,(H,24,25). The Hall–Kier alpha value is -2.51. The van der Waals surface area contributed by atoms with E-state index in [4.69, 9.17) is 5.73 Å². The number of aromatic nitrogens is 4. The Morgan fingerprint density at radius 3 is 2.81 bits per heavy atom. The fourth-order valence-electron chi connectivity index (χ4n) is 4.59. The number of aromatic amines is 1. The van der Waals surface area contributed by atoms with E-state index in [1.807, 2.05) is 24.8 Å². The van der Waals surface area contributed by atoms with Gasteiger partial charge >= 0.3 is 0 Å². The minimum atomic E-state index is 0.336. The van der Waals surface area contributed by atoms with Crippen molar-refractivity contribution in [1.82, 2.24) is 24.8 Å². The van der Waals surface area contributed by atoms with Gasteiger partial charge in [0.15, 0.2) is 0 Å². The van der Waals surface area contributed by atoms with Crippen LogP contribution < -0.4 is 10.6 Å². The second-order valence-electron chi connectivity index (χ2n) is 7.67. The Labute approximate surface area is 158 Å². The number of piperidine rings is 1. The number of H-pyrrole nitrogens is 1. The molecule has 0 saturated carbocycles. The number of nitrogens with zero attached hydrogens (tertiary/aromatic N) is 5. The van der Waals surface area contributed by atoms with Gasteiger partial charge in [-0.2, -0.15) is 0 Å². The third-order valence-electron chi connectivity index (χ3n) is 5.93. The summed E-state index contributed by atoms with van der Waals surface area (Å²) in [4.78, 5) is 21.3. The highest BCUT2D eigenvalue weighted by Crippen LogP contribution is 2.36. The molecule has 2 saturated heterocycles. The smallest absolute Gasteiger partial charge is 0.139 e. The van der Waals surface area contributed by atoms with Gasteiger partial charge in [-0.3, -0.25) is 4.90 Å². The summed E-state index contributed by atoms with van der Waals surface area (Å²) in [6.45, 7) is 4.27. The van der Waals surface area contributed by atoms with Gasteiger partial charge in [-0.05, 0) is 25.3 Å². The molecule has 0 bridgehead atoms. The van der Waals surface area contributed by atoms with Gasteiger partial charge in [-0.1, -0.05) is 0 Å². The van der Waals surface area contributed by atoms with Crippen LogP contribution in [0.15, 0.2) is 37.2 Å². The van der Waals surface area contributed by atoms with Gasteiger partial charge in [0.25, 0.3) is 0 Å². The van der Waals surface area contributed by atoms with Crippen molar-refractivity contribution in [2.24, 2.45) is 5.73 Å². The molecule has 0 amide bonds. The number of likely N-dealkylation sites (tertiary alicyclic amines) is 1. The molecular weight excluding hydrogens is 338 g/mol. The second-order valence-corrected chi connectivity index (χ2v) is 7.67. The second kappa shape index (κ2) is 6.90. The van der Waals surface area contributed by atoms with Gasteiger partial charge in [0.2, 0.25) is 0 Å². The van der Waals surface area contributed by atoms with E-state index < -0.39 is 0 Å². The van der Waals surface area contributed by atoms with Crippen molar-refractivity contribution in [3.05, 3.63) is 37.2 Å². The molecule has 3 aromatic rings. The molecule has 7 nitrogen and oxygen atoms in total. The Bertz CT molecular complexity index is 922. The van der Waals surface area contributed by atoms with Gasteiger partial charge in [0.05, 0.1) is 5.39 Å². The number of rotatable bonds is 3. The summed E-state index contributed by atoms with van der Waals surface area (Å²) in [6.07, 6.45) is 12.8. The summed E-state index contributed by atoms with van der Waals surface area (Å²) < 4.78 is 0. The van der Waals surface area contributed by atoms with E-state index >= 15 is 0 Å². The van der Waals surface area contributed by atoms with E-state index in [2.05, 4.69) is 35.8 Å². The number of nitrogens with one attached hydrogen (secondary N) is 1. The molecule has 27 heavy (non-hydrogen) atoms. The zero-order valence-corrected chi connectivity index (χ0v) is 15.4. The molecule has 3 N–H and O–H groups in total. The van der Waals surface area contributed by atoms with Crippen molar-refractivity contribution in [3.8, 4) is 11.1 Å².